The number of amides is 1. The van der Waals surface area contributed by atoms with Crippen molar-refractivity contribution in [2.45, 2.75) is 12.1 Å². The number of hydrogen-bond donors (Lipinski definition) is 1. The highest BCUT2D eigenvalue weighted by Gasteiger charge is 2.17. The van der Waals surface area contributed by atoms with Gasteiger partial charge in [-0.2, -0.15) is 0 Å². The van der Waals surface area contributed by atoms with E-state index in [1.165, 1.54) is 23.1 Å². The first-order chi connectivity index (χ1) is 12.5. The number of rotatable bonds is 6. The number of pyridine rings is 1. The highest BCUT2D eigenvalue weighted by Crippen LogP contribution is 2.27. The van der Waals surface area contributed by atoms with E-state index in [0.717, 1.165) is 0 Å². The number of aromatic nitrogens is 3. The number of esters is 1. The van der Waals surface area contributed by atoms with E-state index < -0.39 is 5.97 Å². The molecule has 136 valence electrons. The van der Waals surface area contributed by atoms with Gasteiger partial charge < -0.3 is 10.1 Å². The molecule has 0 aliphatic carbocycles. The molecular weight excluding hydrogens is 419 g/mol. The van der Waals surface area contributed by atoms with Crippen LogP contribution in [0.15, 0.2) is 28.9 Å². The maximum atomic E-state index is 12.2. The van der Waals surface area contributed by atoms with Gasteiger partial charge in [0.1, 0.15) is 5.00 Å². The molecular formula is C15H12Cl2N4O3S2. The molecule has 0 aliphatic rings. The number of carbonyl (C=O) groups excluding carboxylic acids is 2. The Hall–Kier alpha value is -1.81. The van der Waals surface area contributed by atoms with E-state index in [1.807, 2.05) is 0 Å². The fraction of sp³-hybridized carbons (Fsp3) is 0.200. The van der Waals surface area contributed by atoms with Crippen molar-refractivity contribution in [3.05, 3.63) is 39.3 Å². The molecule has 0 aromatic carbocycles. The fourth-order valence-corrected chi connectivity index (χ4v) is 4.08. The van der Waals surface area contributed by atoms with E-state index in [0.29, 0.717) is 31.4 Å². The van der Waals surface area contributed by atoms with Crippen LogP contribution in [0.5, 0.6) is 0 Å². The summed E-state index contributed by atoms with van der Waals surface area (Å²) in [4.78, 5) is 24.1. The summed E-state index contributed by atoms with van der Waals surface area (Å²) in [5.41, 5.74) is 0.795. The minimum atomic E-state index is -0.468. The summed E-state index contributed by atoms with van der Waals surface area (Å²) in [7, 11) is 0. The van der Waals surface area contributed by atoms with Gasteiger partial charge in [0.15, 0.2) is 10.8 Å². The Balaban J connectivity index is 1.67. The van der Waals surface area contributed by atoms with Gasteiger partial charge in [0.2, 0.25) is 5.91 Å². The van der Waals surface area contributed by atoms with E-state index in [4.69, 9.17) is 27.9 Å². The Kier molecular flexibility index (Phi) is 6.02. The highest BCUT2D eigenvalue weighted by molar-refractivity contribution is 7.99. The Bertz CT molecular complexity index is 973. The van der Waals surface area contributed by atoms with Crippen LogP contribution >= 0.6 is 46.3 Å². The van der Waals surface area contributed by atoms with Gasteiger partial charge in [-0.05, 0) is 24.4 Å². The molecule has 3 aromatic heterocycles. The molecule has 0 unspecified atom stereocenters. The third-order valence-electron chi connectivity index (χ3n) is 3.14. The maximum absolute atomic E-state index is 12.2. The van der Waals surface area contributed by atoms with Gasteiger partial charge in [-0.25, -0.2) is 4.79 Å². The first-order valence-corrected chi connectivity index (χ1v) is 9.98. The number of halogens is 2. The third-order valence-corrected chi connectivity index (χ3v) is 5.40. The first-order valence-electron chi connectivity index (χ1n) is 7.36. The number of thiophene rings is 1. The van der Waals surface area contributed by atoms with Crippen molar-refractivity contribution >= 4 is 68.8 Å². The van der Waals surface area contributed by atoms with E-state index >= 15 is 0 Å². The Morgan fingerprint density at radius 3 is 2.96 bits per heavy atom. The van der Waals surface area contributed by atoms with Crippen molar-refractivity contribution in [2.75, 3.05) is 17.7 Å². The van der Waals surface area contributed by atoms with E-state index in [9.17, 15) is 9.59 Å². The van der Waals surface area contributed by atoms with Crippen molar-refractivity contribution in [3.8, 4) is 0 Å². The summed E-state index contributed by atoms with van der Waals surface area (Å²) in [5.74, 6) is -0.678. The zero-order chi connectivity index (χ0) is 18.7. The van der Waals surface area contributed by atoms with Crippen LogP contribution in [0, 0.1) is 0 Å². The summed E-state index contributed by atoms with van der Waals surface area (Å²) in [5, 5.41) is 14.2. The normalized spacial score (nSPS) is 10.9. The number of ether oxygens (including phenoxy) is 1. The SMILES string of the molecule is CCOC(=O)c1ccsc1NC(=O)CSc1nnc2c(Cl)cc(Cl)cn12. The zero-order valence-corrected chi connectivity index (χ0v) is 16.5. The molecule has 7 nitrogen and oxygen atoms in total. The van der Waals surface area contributed by atoms with Crippen LogP contribution in [-0.2, 0) is 9.53 Å². The number of nitrogens with zero attached hydrogens (tertiary/aromatic N) is 3. The van der Waals surface area contributed by atoms with Crippen LogP contribution in [0.2, 0.25) is 10.0 Å². The largest absolute Gasteiger partial charge is 0.462 e. The number of thioether (sulfide) groups is 1. The number of anilines is 1. The quantitative estimate of drug-likeness (QED) is 0.469. The third kappa shape index (κ3) is 4.12. The minimum Gasteiger partial charge on any atom is -0.462 e. The number of hydrogen-bond acceptors (Lipinski definition) is 7. The maximum Gasteiger partial charge on any atom is 0.341 e. The molecule has 1 N–H and O–H groups in total. The molecule has 0 saturated carbocycles. The average Bonchev–Trinajstić information content (AvgIpc) is 3.20. The van der Waals surface area contributed by atoms with E-state index in [-0.39, 0.29) is 18.3 Å². The summed E-state index contributed by atoms with van der Waals surface area (Å²) in [6, 6.07) is 3.18. The lowest BCUT2D eigenvalue weighted by Crippen LogP contribution is -2.16. The van der Waals surface area contributed by atoms with Gasteiger partial charge in [-0.1, -0.05) is 35.0 Å². The second-order valence-corrected chi connectivity index (χ2v) is 7.61. The van der Waals surface area contributed by atoms with Crippen molar-refractivity contribution in [1.82, 2.24) is 14.6 Å². The molecule has 26 heavy (non-hydrogen) atoms. The Labute approximate surface area is 166 Å². The second kappa shape index (κ2) is 8.26. The van der Waals surface area contributed by atoms with Crippen LogP contribution in [0.25, 0.3) is 5.65 Å². The lowest BCUT2D eigenvalue weighted by molar-refractivity contribution is -0.113. The second-order valence-electron chi connectivity index (χ2n) is 4.90. The molecule has 3 heterocycles. The van der Waals surface area contributed by atoms with Crippen molar-refractivity contribution in [2.24, 2.45) is 0 Å². The van der Waals surface area contributed by atoms with Gasteiger partial charge in [0.25, 0.3) is 0 Å². The molecule has 0 atom stereocenters. The molecule has 0 radical (unpaired) electrons. The molecule has 0 bridgehead atoms. The lowest BCUT2D eigenvalue weighted by atomic mass is 10.3. The lowest BCUT2D eigenvalue weighted by Gasteiger charge is -2.06. The Morgan fingerprint density at radius 1 is 1.38 bits per heavy atom. The molecule has 1 amide bonds. The van der Waals surface area contributed by atoms with Crippen molar-refractivity contribution in [1.29, 1.82) is 0 Å². The van der Waals surface area contributed by atoms with Gasteiger partial charge in [-0.3, -0.25) is 9.20 Å². The van der Waals surface area contributed by atoms with Crippen molar-refractivity contribution < 1.29 is 14.3 Å². The van der Waals surface area contributed by atoms with Gasteiger partial charge in [0, 0.05) is 6.20 Å². The topological polar surface area (TPSA) is 85.6 Å². The summed E-state index contributed by atoms with van der Waals surface area (Å²) in [6.45, 7) is 1.99. The van der Waals surface area contributed by atoms with Gasteiger partial charge in [0.05, 0.1) is 28.0 Å². The molecule has 0 spiro atoms. The molecule has 0 saturated heterocycles. The number of carbonyl (C=O) groups is 2. The molecule has 0 aliphatic heterocycles. The predicted molar refractivity (Wildman–Crippen MR) is 103 cm³/mol. The monoisotopic (exact) mass is 430 g/mol. The van der Waals surface area contributed by atoms with Crippen LogP contribution < -0.4 is 5.32 Å². The van der Waals surface area contributed by atoms with Crippen LogP contribution in [0.1, 0.15) is 17.3 Å². The molecule has 11 heteroatoms. The Morgan fingerprint density at radius 2 is 2.19 bits per heavy atom. The van der Waals surface area contributed by atoms with Crippen LogP contribution in [0.3, 0.4) is 0 Å². The summed E-state index contributed by atoms with van der Waals surface area (Å²) < 4.78 is 6.59. The standard InChI is InChI=1S/C15H12Cl2N4O3S2/c1-2-24-14(23)9-3-4-25-13(9)18-11(22)7-26-15-20-19-12-10(17)5-8(16)6-21(12)15/h3-6H,2,7H2,1H3,(H,18,22). The average molecular weight is 431 g/mol. The van der Waals surface area contributed by atoms with Gasteiger partial charge in [-0.15, -0.1) is 21.5 Å². The molecule has 0 fully saturated rings. The van der Waals surface area contributed by atoms with E-state index in [2.05, 4.69) is 15.5 Å². The van der Waals surface area contributed by atoms with Crippen LogP contribution in [0.4, 0.5) is 5.00 Å². The fourth-order valence-electron chi connectivity index (χ4n) is 2.07. The predicted octanol–water partition coefficient (Wildman–Crippen LogP) is 4.01. The van der Waals surface area contributed by atoms with E-state index in [1.54, 1.807) is 35.0 Å². The molecule has 3 aromatic rings. The van der Waals surface area contributed by atoms with Crippen molar-refractivity contribution in [3.63, 3.8) is 0 Å². The minimum absolute atomic E-state index is 0.0745. The smallest absolute Gasteiger partial charge is 0.341 e. The first kappa shape index (κ1) is 19.0. The number of fused-ring (bicyclic) bond motifs is 1. The highest BCUT2D eigenvalue weighted by atomic mass is 35.5. The summed E-state index contributed by atoms with van der Waals surface area (Å²) in [6.07, 6.45) is 1.63. The molecule has 3 rings (SSSR count). The van der Waals surface area contributed by atoms with Crippen LogP contribution in [-0.4, -0.2) is 38.8 Å². The summed E-state index contributed by atoms with van der Waals surface area (Å²) >= 11 is 14.5. The zero-order valence-electron chi connectivity index (χ0n) is 13.4. The van der Waals surface area contributed by atoms with Gasteiger partial charge >= 0.3 is 5.97 Å². The number of nitrogens with one attached hydrogen (secondary N) is 1.